The predicted octanol–water partition coefficient (Wildman–Crippen LogP) is 14.8. The highest BCUT2D eigenvalue weighted by atomic mass is 79.9. The van der Waals surface area contributed by atoms with E-state index in [0.29, 0.717) is 0 Å². The van der Waals surface area contributed by atoms with Crippen LogP contribution in [0.3, 0.4) is 0 Å². The number of para-hydroxylation sites is 3. The average molecular weight is 766 g/mol. The number of benzene rings is 9. The van der Waals surface area contributed by atoms with Crippen molar-refractivity contribution >= 4 is 70.3 Å². The van der Waals surface area contributed by atoms with Crippen molar-refractivity contribution in [3.63, 3.8) is 0 Å². The van der Waals surface area contributed by atoms with Crippen molar-refractivity contribution in [1.29, 1.82) is 0 Å². The first-order valence-electron chi connectivity index (χ1n) is 18.7. The van der Waals surface area contributed by atoms with Gasteiger partial charge in [-0.1, -0.05) is 137 Å². The van der Waals surface area contributed by atoms with Crippen LogP contribution in [-0.2, 0) is 0 Å². The van der Waals surface area contributed by atoms with E-state index in [9.17, 15) is 0 Å². The summed E-state index contributed by atoms with van der Waals surface area (Å²) in [7, 11) is 0. The summed E-state index contributed by atoms with van der Waals surface area (Å²) in [4.78, 5) is 0. The summed E-state index contributed by atoms with van der Waals surface area (Å²) in [6, 6.07) is 73.1. The van der Waals surface area contributed by atoms with Crippen LogP contribution in [0.5, 0.6) is 0 Å². The van der Waals surface area contributed by atoms with E-state index in [1.54, 1.807) is 0 Å². The van der Waals surface area contributed by atoms with Gasteiger partial charge in [0.25, 0.3) is 0 Å². The SMILES string of the molecule is Brc1cccc(-c2cc(-c3ccc4c(c3)c3ccccc3n4-c3ccccc3)cc(-c3ccc4c5ccccc5n(-c5cccc6ccccc56)c4c3)c2)c1. The zero-order valence-corrected chi connectivity index (χ0v) is 31.4. The number of aromatic nitrogens is 2. The lowest BCUT2D eigenvalue weighted by atomic mass is 9.92. The van der Waals surface area contributed by atoms with Gasteiger partial charge in [0.05, 0.1) is 27.8 Å². The van der Waals surface area contributed by atoms with E-state index in [4.69, 9.17) is 0 Å². The molecule has 0 aliphatic carbocycles. The second kappa shape index (κ2) is 12.7. The summed E-state index contributed by atoms with van der Waals surface area (Å²) in [5, 5.41) is 7.46. The molecule has 55 heavy (non-hydrogen) atoms. The monoisotopic (exact) mass is 764 g/mol. The maximum atomic E-state index is 3.74. The van der Waals surface area contributed by atoms with Crippen LogP contribution in [0.15, 0.2) is 205 Å². The van der Waals surface area contributed by atoms with Gasteiger partial charge in [0.15, 0.2) is 0 Å². The summed E-state index contributed by atoms with van der Waals surface area (Å²) >= 11 is 3.74. The van der Waals surface area contributed by atoms with Gasteiger partial charge in [-0.15, -0.1) is 0 Å². The number of nitrogens with zero attached hydrogens (tertiary/aromatic N) is 2. The molecule has 0 bridgehead atoms. The Morgan fingerprint density at radius 3 is 1.60 bits per heavy atom. The van der Waals surface area contributed by atoms with E-state index < -0.39 is 0 Å². The van der Waals surface area contributed by atoms with Crippen LogP contribution in [0, 0.1) is 0 Å². The lowest BCUT2D eigenvalue weighted by molar-refractivity contribution is 1.18. The maximum Gasteiger partial charge on any atom is 0.0547 e. The molecule has 2 nitrogen and oxygen atoms in total. The number of halogens is 1. The largest absolute Gasteiger partial charge is 0.309 e. The van der Waals surface area contributed by atoms with E-state index in [1.165, 1.54) is 93.5 Å². The van der Waals surface area contributed by atoms with Crippen LogP contribution in [0.4, 0.5) is 0 Å². The summed E-state index contributed by atoms with van der Waals surface area (Å²) in [5.41, 5.74) is 14.2. The fourth-order valence-corrected chi connectivity index (χ4v) is 9.02. The molecule has 0 fully saturated rings. The number of rotatable bonds is 5. The molecule has 2 aromatic heterocycles. The minimum Gasteiger partial charge on any atom is -0.309 e. The van der Waals surface area contributed by atoms with Gasteiger partial charge in [-0.3, -0.25) is 0 Å². The van der Waals surface area contributed by atoms with Gasteiger partial charge in [-0.25, -0.2) is 0 Å². The van der Waals surface area contributed by atoms with Crippen LogP contribution < -0.4 is 0 Å². The Kier molecular flexibility index (Phi) is 7.36. The molecule has 0 unspecified atom stereocenters. The first kappa shape index (κ1) is 31.8. The van der Waals surface area contributed by atoms with Gasteiger partial charge in [0, 0.05) is 37.1 Å². The molecular weight excluding hydrogens is 732 g/mol. The molecular formula is C52H33BrN2. The lowest BCUT2D eigenvalue weighted by Gasteiger charge is -2.14. The average Bonchev–Trinajstić information content (AvgIpc) is 3.76. The van der Waals surface area contributed by atoms with Crippen molar-refractivity contribution in [2.24, 2.45) is 0 Å². The van der Waals surface area contributed by atoms with Crippen molar-refractivity contribution in [1.82, 2.24) is 9.13 Å². The Balaban J connectivity index is 1.14. The Morgan fingerprint density at radius 1 is 0.291 bits per heavy atom. The summed E-state index contributed by atoms with van der Waals surface area (Å²) in [6.07, 6.45) is 0. The van der Waals surface area contributed by atoms with Gasteiger partial charge in [0.2, 0.25) is 0 Å². The van der Waals surface area contributed by atoms with Crippen molar-refractivity contribution in [3.05, 3.63) is 205 Å². The molecule has 0 spiro atoms. The molecule has 0 saturated heterocycles. The van der Waals surface area contributed by atoms with Crippen molar-refractivity contribution in [2.45, 2.75) is 0 Å². The van der Waals surface area contributed by atoms with Crippen molar-refractivity contribution in [3.8, 4) is 44.8 Å². The molecule has 2 heterocycles. The number of fused-ring (bicyclic) bond motifs is 7. The second-order valence-electron chi connectivity index (χ2n) is 14.3. The first-order chi connectivity index (χ1) is 27.2. The minimum atomic E-state index is 1.06. The van der Waals surface area contributed by atoms with Crippen LogP contribution in [0.1, 0.15) is 0 Å². The topological polar surface area (TPSA) is 9.86 Å². The molecule has 0 amide bonds. The molecule has 11 aromatic rings. The Bertz CT molecular complexity index is 3270. The number of hydrogen-bond acceptors (Lipinski definition) is 0. The standard InChI is InChI=1S/C52H33BrN2/c53-41-15-10-14-35(31-41)38-28-39(36-25-27-51-47(32-36)45-20-7-8-21-49(45)54(51)42-16-2-1-3-17-42)30-40(29-38)37-24-26-46-44-19-6-9-22-50(44)55(52(46)33-37)48-23-11-13-34-12-4-5-18-43(34)48/h1-33H. The maximum absolute atomic E-state index is 3.74. The van der Waals surface area contributed by atoms with E-state index >= 15 is 0 Å². The van der Waals surface area contributed by atoms with Crippen LogP contribution in [0.2, 0.25) is 0 Å². The highest BCUT2D eigenvalue weighted by Crippen LogP contribution is 2.41. The van der Waals surface area contributed by atoms with Crippen molar-refractivity contribution in [2.75, 3.05) is 0 Å². The van der Waals surface area contributed by atoms with E-state index in [1.807, 2.05) is 0 Å². The fraction of sp³-hybridized carbons (Fsp3) is 0. The first-order valence-corrected chi connectivity index (χ1v) is 19.5. The zero-order chi connectivity index (χ0) is 36.5. The molecule has 0 saturated carbocycles. The van der Waals surface area contributed by atoms with Gasteiger partial charge < -0.3 is 9.13 Å². The Morgan fingerprint density at radius 2 is 0.836 bits per heavy atom. The molecule has 0 aliphatic heterocycles. The van der Waals surface area contributed by atoms with E-state index in [-0.39, 0.29) is 0 Å². The van der Waals surface area contributed by atoms with Gasteiger partial charge >= 0.3 is 0 Å². The molecule has 258 valence electrons. The zero-order valence-electron chi connectivity index (χ0n) is 29.8. The molecule has 0 atom stereocenters. The highest BCUT2D eigenvalue weighted by Gasteiger charge is 2.17. The summed E-state index contributed by atoms with van der Waals surface area (Å²) in [6.45, 7) is 0. The number of hydrogen-bond donors (Lipinski definition) is 0. The molecule has 9 aromatic carbocycles. The molecule has 0 N–H and O–H groups in total. The second-order valence-corrected chi connectivity index (χ2v) is 15.2. The van der Waals surface area contributed by atoms with Crippen LogP contribution in [-0.4, -0.2) is 9.13 Å². The minimum absolute atomic E-state index is 1.06. The van der Waals surface area contributed by atoms with Gasteiger partial charge in [-0.05, 0) is 118 Å². The Hall–Kier alpha value is -6.68. The van der Waals surface area contributed by atoms with Crippen LogP contribution >= 0.6 is 15.9 Å². The third-order valence-electron chi connectivity index (χ3n) is 11.1. The molecule has 0 radical (unpaired) electrons. The molecule has 11 rings (SSSR count). The third-order valence-corrected chi connectivity index (χ3v) is 11.6. The Labute approximate surface area is 327 Å². The van der Waals surface area contributed by atoms with Crippen molar-refractivity contribution < 1.29 is 0 Å². The lowest BCUT2D eigenvalue weighted by Crippen LogP contribution is -1.95. The van der Waals surface area contributed by atoms with Gasteiger partial charge in [0.1, 0.15) is 0 Å². The highest BCUT2D eigenvalue weighted by molar-refractivity contribution is 9.10. The smallest absolute Gasteiger partial charge is 0.0547 e. The summed E-state index contributed by atoms with van der Waals surface area (Å²) in [5.74, 6) is 0. The summed E-state index contributed by atoms with van der Waals surface area (Å²) < 4.78 is 5.89. The normalized spacial score (nSPS) is 11.7. The van der Waals surface area contributed by atoms with E-state index in [0.717, 1.165) is 10.2 Å². The predicted molar refractivity (Wildman–Crippen MR) is 237 cm³/mol. The van der Waals surface area contributed by atoms with Crippen LogP contribution in [0.25, 0.3) is 99.1 Å². The third kappa shape index (κ3) is 5.23. The van der Waals surface area contributed by atoms with E-state index in [2.05, 4.69) is 225 Å². The fourth-order valence-electron chi connectivity index (χ4n) is 8.62. The molecule has 0 aliphatic rings. The molecule has 3 heteroatoms. The quantitative estimate of drug-likeness (QED) is 0.165. The van der Waals surface area contributed by atoms with Gasteiger partial charge in [-0.2, -0.15) is 0 Å².